The summed E-state index contributed by atoms with van der Waals surface area (Å²) in [5, 5.41) is 8.09. The smallest absolute Gasteiger partial charge is 0.295 e. The molecular formula is C11H12Cl2F2N2. The summed E-state index contributed by atoms with van der Waals surface area (Å²) in [4.78, 5) is 1.20. The van der Waals surface area contributed by atoms with Crippen molar-refractivity contribution in [2.75, 3.05) is 4.90 Å². The lowest BCUT2D eigenvalue weighted by atomic mass is 10.2. The highest BCUT2D eigenvalue weighted by molar-refractivity contribution is 6.35. The first-order chi connectivity index (χ1) is 7.82. The maximum Gasteiger partial charge on any atom is 0.295 e. The predicted molar refractivity (Wildman–Crippen MR) is 67.8 cm³/mol. The molecule has 6 heteroatoms. The lowest BCUT2D eigenvalue weighted by molar-refractivity contribution is 0.221. The minimum absolute atomic E-state index is 0.286. The van der Waals surface area contributed by atoms with Crippen LogP contribution in [-0.2, 0) is 0 Å². The molecule has 1 N–H and O–H groups in total. The molecule has 0 fully saturated rings. The van der Waals surface area contributed by atoms with Crippen molar-refractivity contribution in [2.24, 2.45) is 0 Å². The van der Waals surface area contributed by atoms with Crippen LogP contribution in [0.1, 0.15) is 13.8 Å². The van der Waals surface area contributed by atoms with Crippen molar-refractivity contribution in [1.82, 2.24) is 0 Å². The first-order valence-electron chi connectivity index (χ1n) is 4.95. The Hall–Kier alpha value is -0.870. The number of halogens is 4. The quantitative estimate of drug-likeness (QED) is 0.643. The van der Waals surface area contributed by atoms with Crippen molar-refractivity contribution in [1.29, 1.82) is 5.41 Å². The highest BCUT2D eigenvalue weighted by atomic mass is 35.5. The van der Waals surface area contributed by atoms with Crippen LogP contribution in [0.5, 0.6) is 0 Å². The molecule has 1 aromatic carbocycles. The van der Waals surface area contributed by atoms with Gasteiger partial charge in [-0.15, -0.1) is 0 Å². The highest BCUT2D eigenvalue weighted by Crippen LogP contribution is 2.27. The van der Waals surface area contributed by atoms with E-state index in [1.165, 1.54) is 23.1 Å². The molecule has 0 aliphatic heterocycles. The zero-order valence-corrected chi connectivity index (χ0v) is 10.9. The van der Waals surface area contributed by atoms with Gasteiger partial charge in [0.25, 0.3) is 6.43 Å². The molecule has 2 nitrogen and oxygen atoms in total. The van der Waals surface area contributed by atoms with E-state index in [1.807, 2.05) is 0 Å². The Balaban J connectivity index is 3.18. The monoisotopic (exact) mass is 280 g/mol. The molecule has 0 bridgehead atoms. The number of nitrogens with one attached hydrogen (secondary N) is 1. The molecule has 0 atom stereocenters. The van der Waals surface area contributed by atoms with Gasteiger partial charge in [0.1, 0.15) is 0 Å². The second kappa shape index (κ2) is 5.65. The summed E-state index contributed by atoms with van der Waals surface area (Å²) in [5.41, 5.74) is 0.391. The molecule has 0 radical (unpaired) electrons. The Morgan fingerprint density at radius 2 is 1.65 bits per heavy atom. The minimum Gasteiger partial charge on any atom is -0.323 e. The molecule has 0 aliphatic rings. The molecule has 0 amide bonds. The number of rotatable bonds is 3. The van der Waals surface area contributed by atoms with E-state index in [9.17, 15) is 8.78 Å². The summed E-state index contributed by atoms with van der Waals surface area (Å²) in [6, 6.07) is 4.23. The van der Waals surface area contributed by atoms with Gasteiger partial charge in [-0.05, 0) is 32.0 Å². The van der Waals surface area contributed by atoms with Gasteiger partial charge >= 0.3 is 0 Å². The van der Waals surface area contributed by atoms with E-state index in [0.717, 1.165) is 0 Å². The molecule has 1 rings (SSSR count). The fraction of sp³-hybridized carbons (Fsp3) is 0.364. The van der Waals surface area contributed by atoms with E-state index in [0.29, 0.717) is 15.7 Å². The van der Waals surface area contributed by atoms with E-state index in [-0.39, 0.29) is 6.04 Å². The Kier molecular flexibility index (Phi) is 4.71. The lowest BCUT2D eigenvalue weighted by Gasteiger charge is -2.29. The summed E-state index contributed by atoms with van der Waals surface area (Å²) in [6.07, 6.45) is -2.84. The van der Waals surface area contributed by atoms with Gasteiger partial charge in [-0.25, -0.2) is 8.78 Å². The molecule has 17 heavy (non-hydrogen) atoms. The third kappa shape index (κ3) is 3.54. The van der Waals surface area contributed by atoms with Gasteiger partial charge in [0.15, 0.2) is 5.84 Å². The van der Waals surface area contributed by atoms with Gasteiger partial charge < -0.3 is 4.90 Å². The summed E-state index contributed by atoms with van der Waals surface area (Å²) < 4.78 is 25.2. The molecule has 0 saturated carbocycles. The summed E-state index contributed by atoms with van der Waals surface area (Å²) in [6.45, 7) is 3.43. The van der Waals surface area contributed by atoms with Crippen LogP contribution in [0.25, 0.3) is 0 Å². The maximum absolute atomic E-state index is 12.6. The van der Waals surface area contributed by atoms with Crippen molar-refractivity contribution in [3.8, 4) is 0 Å². The Bertz CT molecular complexity index is 402. The van der Waals surface area contributed by atoms with Gasteiger partial charge in [-0.2, -0.15) is 0 Å². The van der Waals surface area contributed by atoms with Crippen LogP contribution in [0.4, 0.5) is 14.5 Å². The van der Waals surface area contributed by atoms with Gasteiger partial charge in [-0.1, -0.05) is 23.2 Å². The van der Waals surface area contributed by atoms with E-state index in [2.05, 4.69) is 0 Å². The van der Waals surface area contributed by atoms with E-state index >= 15 is 0 Å². The fourth-order valence-electron chi connectivity index (χ4n) is 1.50. The van der Waals surface area contributed by atoms with Crippen molar-refractivity contribution >= 4 is 34.7 Å². The van der Waals surface area contributed by atoms with E-state index < -0.39 is 12.3 Å². The molecule has 0 unspecified atom stereocenters. The zero-order chi connectivity index (χ0) is 13.2. The fourth-order valence-corrected chi connectivity index (χ4v) is 2.01. The average Bonchev–Trinajstić information content (AvgIpc) is 2.15. The van der Waals surface area contributed by atoms with Crippen LogP contribution < -0.4 is 4.90 Å². The summed E-state index contributed by atoms with van der Waals surface area (Å²) >= 11 is 11.6. The molecule has 1 aromatic rings. The summed E-state index contributed by atoms with van der Waals surface area (Å²) in [7, 11) is 0. The molecule has 94 valence electrons. The van der Waals surface area contributed by atoms with Crippen LogP contribution in [0.2, 0.25) is 10.0 Å². The van der Waals surface area contributed by atoms with Crippen LogP contribution in [0.15, 0.2) is 18.2 Å². The maximum atomic E-state index is 12.6. The SMILES string of the molecule is CC(C)N(C(=N)C(F)F)c1cc(Cl)cc(Cl)c1. The van der Waals surface area contributed by atoms with Crippen molar-refractivity contribution in [3.63, 3.8) is 0 Å². The second-order valence-corrected chi connectivity index (χ2v) is 4.65. The minimum atomic E-state index is -2.84. The number of nitrogens with zero attached hydrogens (tertiary/aromatic N) is 1. The highest BCUT2D eigenvalue weighted by Gasteiger charge is 2.23. The van der Waals surface area contributed by atoms with Crippen LogP contribution in [0.3, 0.4) is 0 Å². The number of alkyl halides is 2. The van der Waals surface area contributed by atoms with Crippen molar-refractivity contribution < 1.29 is 8.78 Å². The number of amidine groups is 1. The normalized spacial score (nSPS) is 11.1. The van der Waals surface area contributed by atoms with Crippen molar-refractivity contribution in [3.05, 3.63) is 28.2 Å². The predicted octanol–water partition coefficient (Wildman–Crippen LogP) is 4.45. The molecule has 0 aliphatic carbocycles. The number of anilines is 1. The molecular weight excluding hydrogens is 269 g/mol. The zero-order valence-electron chi connectivity index (χ0n) is 9.35. The van der Waals surface area contributed by atoms with Crippen LogP contribution in [0, 0.1) is 5.41 Å². The van der Waals surface area contributed by atoms with Gasteiger partial charge in [-0.3, -0.25) is 5.41 Å². The van der Waals surface area contributed by atoms with E-state index in [4.69, 9.17) is 28.6 Å². The topological polar surface area (TPSA) is 27.1 Å². The third-order valence-corrected chi connectivity index (χ3v) is 2.54. The average molecular weight is 281 g/mol. The molecule has 0 aromatic heterocycles. The van der Waals surface area contributed by atoms with Gasteiger partial charge in [0, 0.05) is 21.8 Å². The number of hydrogen-bond acceptors (Lipinski definition) is 1. The van der Waals surface area contributed by atoms with Gasteiger partial charge in [0.2, 0.25) is 0 Å². The Morgan fingerprint density at radius 1 is 1.18 bits per heavy atom. The van der Waals surface area contributed by atoms with Crippen LogP contribution >= 0.6 is 23.2 Å². The standard InChI is InChI=1S/C11H12Cl2F2N2/c1-6(2)17(11(16)10(14)15)9-4-7(12)3-8(13)5-9/h3-6,10,16H,1-2H3. The molecule has 0 spiro atoms. The van der Waals surface area contributed by atoms with E-state index in [1.54, 1.807) is 13.8 Å². The molecule has 0 saturated heterocycles. The van der Waals surface area contributed by atoms with Crippen LogP contribution in [-0.4, -0.2) is 18.3 Å². The number of hydrogen-bond donors (Lipinski definition) is 1. The Labute approximate surface area is 109 Å². The summed E-state index contributed by atoms with van der Waals surface area (Å²) in [5.74, 6) is -0.765. The molecule has 0 heterocycles. The van der Waals surface area contributed by atoms with Crippen molar-refractivity contribution in [2.45, 2.75) is 26.3 Å². The third-order valence-electron chi connectivity index (χ3n) is 2.11. The van der Waals surface area contributed by atoms with Gasteiger partial charge in [0.05, 0.1) is 0 Å². The first kappa shape index (κ1) is 14.2. The largest absolute Gasteiger partial charge is 0.323 e. The Morgan fingerprint density at radius 3 is 2.00 bits per heavy atom. The number of benzene rings is 1. The first-order valence-corrected chi connectivity index (χ1v) is 5.70. The second-order valence-electron chi connectivity index (χ2n) is 3.78. The lowest BCUT2D eigenvalue weighted by Crippen LogP contribution is -2.40.